The van der Waals surface area contributed by atoms with Crippen LogP contribution in [-0.2, 0) is 13.0 Å². The lowest BCUT2D eigenvalue weighted by Crippen LogP contribution is -2.38. The Balaban J connectivity index is 1.54. The molecule has 0 spiro atoms. The van der Waals surface area contributed by atoms with Crippen LogP contribution in [0, 0.1) is 5.92 Å². The number of nitrogens with one attached hydrogen (secondary N) is 2. The SMILES string of the molecule is CCNC(=NCc1ccccc1OCC1CC1)NCCc1ccccn1. The Kier molecular flexibility index (Phi) is 6.88. The number of para-hydroxylation sites is 1. The van der Waals surface area contributed by atoms with Crippen molar-refractivity contribution in [3.8, 4) is 5.75 Å². The van der Waals surface area contributed by atoms with E-state index in [0.29, 0.717) is 6.54 Å². The molecule has 0 aliphatic heterocycles. The third kappa shape index (κ3) is 6.06. The summed E-state index contributed by atoms with van der Waals surface area (Å²) in [5.74, 6) is 2.52. The summed E-state index contributed by atoms with van der Waals surface area (Å²) >= 11 is 0. The molecule has 0 radical (unpaired) electrons. The van der Waals surface area contributed by atoms with Crippen LogP contribution in [0.1, 0.15) is 31.0 Å². The zero-order valence-corrected chi connectivity index (χ0v) is 15.4. The van der Waals surface area contributed by atoms with Crippen LogP contribution < -0.4 is 15.4 Å². The number of nitrogens with zero attached hydrogens (tertiary/aromatic N) is 2. The van der Waals surface area contributed by atoms with Crippen molar-refractivity contribution >= 4 is 5.96 Å². The predicted octanol–water partition coefficient (Wildman–Crippen LogP) is 3.17. The second-order valence-electron chi connectivity index (χ2n) is 6.56. The summed E-state index contributed by atoms with van der Waals surface area (Å²) in [6, 6.07) is 14.2. The minimum atomic E-state index is 0.597. The highest BCUT2D eigenvalue weighted by atomic mass is 16.5. The molecular weight excluding hydrogens is 324 g/mol. The summed E-state index contributed by atoms with van der Waals surface area (Å²) in [5.41, 5.74) is 2.20. The lowest BCUT2D eigenvalue weighted by Gasteiger charge is -2.13. The van der Waals surface area contributed by atoms with Gasteiger partial charge in [-0.25, -0.2) is 4.99 Å². The number of benzene rings is 1. The van der Waals surface area contributed by atoms with Crippen LogP contribution in [0.25, 0.3) is 0 Å². The molecule has 2 aromatic rings. The Morgan fingerprint density at radius 1 is 1.15 bits per heavy atom. The van der Waals surface area contributed by atoms with Crippen molar-refractivity contribution in [3.05, 3.63) is 59.9 Å². The largest absolute Gasteiger partial charge is 0.493 e. The predicted molar refractivity (Wildman–Crippen MR) is 105 cm³/mol. The highest BCUT2D eigenvalue weighted by Crippen LogP contribution is 2.30. The Morgan fingerprint density at radius 2 is 2.00 bits per heavy atom. The van der Waals surface area contributed by atoms with Gasteiger partial charge in [0.25, 0.3) is 0 Å². The summed E-state index contributed by atoms with van der Waals surface area (Å²) < 4.78 is 5.97. The summed E-state index contributed by atoms with van der Waals surface area (Å²) in [6.45, 7) is 5.11. The molecule has 2 N–H and O–H groups in total. The number of pyridine rings is 1. The van der Waals surface area contributed by atoms with Gasteiger partial charge >= 0.3 is 0 Å². The first kappa shape index (κ1) is 18.2. The summed E-state index contributed by atoms with van der Waals surface area (Å²) in [4.78, 5) is 9.06. The van der Waals surface area contributed by atoms with Gasteiger partial charge in [-0.3, -0.25) is 4.98 Å². The van der Waals surface area contributed by atoms with Crippen molar-refractivity contribution in [1.82, 2.24) is 15.6 Å². The molecule has 0 bridgehead atoms. The van der Waals surface area contributed by atoms with Gasteiger partial charge in [0.05, 0.1) is 13.2 Å². The molecule has 1 aliphatic rings. The van der Waals surface area contributed by atoms with E-state index in [9.17, 15) is 0 Å². The molecular formula is C21H28N4O. The summed E-state index contributed by atoms with van der Waals surface area (Å²) in [5, 5.41) is 6.67. The molecule has 0 atom stereocenters. The fourth-order valence-electron chi connectivity index (χ4n) is 2.63. The van der Waals surface area contributed by atoms with Crippen LogP contribution in [0.15, 0.2) is 53.7 Å². The molecule has 0 saturated heterocycles. The van der Waals surface area contributed by atoms with Crippen molar-refractivity contribution in [3.63, 3.8) is 0 Å². The van der Waals surface area contributed by atoms with Crippen LogP contribution in [0.3, 0.4) is 0 Å². The Morgan fingerprint density at radius 3 is 2.77 bits per heavy atom. The van der Waals surface area contributed by atoms with Crippen LogP contribution in [0.2, 0.25) is 0 Å². The molecule has 1 aromatic carbocycles. The summed E-state index contributed by atoms with van der Waals surface area (Å²) in [7, 11) is 0. The van der Waals surface area contributed by atoms with Crippen molar-refractivity contribution in [2.45, 2.75) is 32.7 Å². The Bertz CT molecular complexity index is 698. The minimum Gasteiger partial charge on any atom is -0.493 e. The first-order valence-corrected chi connectivity index (χ1v) is 9.48. The molecule has 5 nitrogen and oxygen atoms in total. The third-order valence-corrected chi connectivity index (χ3v) is 4.30. The number of aromatic nitrogens is 1. The third-order valence-electron chi connectivity index (χ3n) is 4.30. The van der Waals surface area contributed by atoms with E-state index in [1.54, 1.807) is 0 Å². The van der Waals surface area contributed by atoms with Crippen LogP contribution >= 0.6 is 0 Å². The number of hydrogen-bond donors (Lipinski definition) is 2. The highest BCUT2D eigenvalue weighted by Gasteiger charge is 2.22. The first-order valence-electron chi connectivity index (χ1n) is 9.48. The minimum absolute atomic E-state index is 0.597. The lowest BCUT2D eigenvalue weighted by molar-refractivity contribution is 0.297. The molecule has 1 heterocycles. The van der Waals surface area contributed by atoms with Crippen molar-refractivity contribution in [1.29, 1.82) is 0 Å². The monoisotopic (exact) mass is 352 g/mol. The number of rotatable bonds is 9. The zero-order chi connectivity index (χ0) is 18.0. The lowest BCUT2D eigenvalue weighted by atomic mass is 10.2. The standard InChI is InChI=1S/C21H28N4O/c1-2-22-21(24-14-12-19-8-5-6-13-23-19)25-15-18-7-3-4-9-20(18)26-16-17-10-11-17/h3-9,13,17H,2,10-12,14-16H2,1H3,(H2,22,24,25). The van der Waals surface area contributed by atoms with Gasteiger partial charge in [-0.2, -0.15) is 0 Å². The van der Waals surface area contributed by atoms with E-state index in [1.165, 1.54) is 12.8 Å². The van der Waals surface area contributed by atoms with E-state index in [1.807, 2.05) is 42.6 Å². The highest BCUT2D eigenvalue weighted by molar-refractivity contribution is 5.79. The van der Waals surface area contributed by atoms with E-state index in [-0.39, 0.29) is 0 Å². The molecule has 1 aliphatic carbocycles. The van der Waals surface area contributed by atoms with E-state index in [0.717, 1.165) is 55.0 Å². The molecule has 26 heavy (non-hydrogen) atoms. The number of aliphatic imine (C=N–C) groups is 1. The van der Waals surface area contributed by atoms with Gasteiger partial charge < -0.3 is 15.4 Å². The van der Waals surface area contributed by atoms with E-state index < -0.39 is 0 Å². The maximum absolute atomic E-state index is 5.97. The van der Waals surface area contributed by atoms with E-state index in [2.05, 4.69) is 28.6 Å². The molecule has 1 fully saturated rings. The molecule has 138 valence electrons. The zero-order valence-electron chi connectivity index (χ0n) is 15.4. The molecule has 1 saturated carbocycles. The van der Waals surface area contributed by atoms with Gasteiger partial charge in [0.15, 0.2) is 5.96 Å². The quantitative estimate of drug-likeness (QED) is 0.538. The van der Waals surface area contributed by atoms with Crippen molar-refractivity contribution in [2.24, 2.45) is 10.9 Å². The van der Waals surface area contributed by atoms with Crippen LogP contribution in [0.5, 0.6) is 5.75 Å². The molecule has 5 heteroatoms. The Hall–Kier alpha value is -2.56. The second kappa shape index (κ2) is 9.80. The topological polar surface area (TPSA) is 58.5 Å². The van der Waals surface area contributed by atoms with Crippen molar-refractivity contribution in [2.75, 3.05) is 19.7 Å². The van der Waals surface area contributed by atoms with Crippen molar-refractivity contribution < 1.29 is 4.74 Å². The van der Waals surface area contributed by atoms with E-state index >= 15 is 0 Å². The van der Waals surface area contributed by atoms with Gasteiger partial charge in [-0.05, 0) is 43.9 Å². The molecule has 3 rings (SSSR count). The van der Waals surface area contributed by atoms with Crippen LogP contribution in [0.4, 0.5) is 0 Å². The fourth-order valence-corrected chi connectivity index (χ4v) is 2.63. The van der Waals surface area contributed by atoms with Crippen LogP contribution in [-0.4, -0.2) is 30.6 Å². The Labute approximate surface area is 155 Å². The first-order chi connectivity index (χ1) is 12.8. The maximum atomic E-state index is 5.97. The van der Waals surface area contributed by atoms with Gasteiger partial charge in [0.1, 0.15) is 5.75 Å². The van der Waals surface area contributed by atoms with E-state index in [4.69, 9.17) is 9.73 Å². The molecule has 0 unspecified atom stereocenters. The van der Waals surface area contributed by atoms with Gasteiger partial charge in [-0.1, -0.05) is 24.3 Å². The summed E-state index contributed by atoms with van der Waals surface area (Å²) in [6.07, 6.45) is 5.29. The molecule has 0 amide bonds. The number of hydrogen-bond acceptors (Lipinski definition) is 3. The fraction of sp³-hybridized carbons (Fsp3) is 0.429. The van der Waals surface area contributed by atoms with Gasteiger partial charge in [0.2, 0.25) is 0 Å². The van der Waals surface area contributed by atoms with Gasteiger partial charge in [0, 0.05) is 37.0 Å². The number of ether oxygens (including phenoxy) is 1. The number of guanidine groups is 1. The molecule has 1 aromatic heterocycles. The average Bonchev–Trinajstić information content (AvgIpc) is 3.50. The average molecular weight is 352 g/mol. The second-order valence-corrected chi connectivity index (χ2v) is 6.56. The normalized spacial score (nSPS) is 14.1. The van der Waals surface area contributed by atoms with Gasteiger partial charge in [-0.15, -0.1) is 0 Å². The smallest absolute Gasteiger partial charge is 0.191 e. The maximum Gasteiger partial charge on any atom is 0.191 e.